The van der Waals surface area contributed by atoms with Crippen LogP contribution in [0, 0.1) is 0 Å². The van der Waals surface area contributed by atoms with Crippen molar-refractivity contribution in [2.24, 2.45) is 0 Å². The van der Waals surface area contributed by atoms with Gasteiger partial charge in [-0.1, -0.05) is 46.3 Å². The highest BCUT2D eigenvalue weighted by atomic mass is 79.9. The summed E-state index contributed by atoms with van der Waals surface area (Å²) < 4.78 is 10.5. The van der Waals surface area contributed by atoms with Crippen LogP contribution in [0.15, 0.2) is 30.3 Å². The summed E-state index contributed by atoms with van der Waals surface area (Å²) in [6.45, 7) is 5.63. The van der Waals surface area contributed by atoms with Crippen LogP contribution >= 0.6 is 15.9 Å². The van der Waals surface area contributed by atoms with Crippen LogP contribution < -0.4 is 0 Å². The van der Waals surface area contributed by atoms with E-state index in [2.05, 4.69) is 58.1 Å². The van der Waals surface area contributed by atoms with E-state index in [-0.39, 0.29) is 0 Å². The van der Waals surface area contributed by atoms with E-state index in [4.69, 9.17) is 9.47 Å². The number of nitrogens with zero attached hydrogens (tertiary/aromatic N) is 1. The van der Waals surface area contributed by atoms with E-state index in [1.54, 1.807) is 14.2 Å². The zero-order chi connectivity index (χ0) is 14.8. The summed E-state index contributed by atoms with van der Waals surface area (Å²) in [5.41, 5.74) is 1.37. The number of ether oxygens (including phenoxy) is 2. The first-order chi connectivity index (χ1) is 9.72. The van der Waals surface area contributed by atoms with E-state index in [1.807, 2.05) is 0 Å². The molecule has 20 heavy (non-hydrogen) atoms. The molecular weight excluding hydrogens is 318 g/mol. The third-order valence-corrected chi connectivity index (χ3v) is 4.31. The lowest BCUT2D eigenvalue weighted by Gasteiger charge is -2.31. The van der Waals surface area contributed by atoms with Gasteiger partial charge in [0.25, 0.3) is 0 Å². The second-order valence-corrected chi connectivity index (χ2v) is 5.70. The summed E-state index contributed by atoms with van der Waals surface area (Å²) in [5.74, 6) is 0.479. The number of halogens is 1. The van der Waals surface area contributed by atoms with Crippen molar-refractivity contribution in [1.82, 2.24) is 4.90 Å². The van der Waals surface area contributed by atoms with E-state index in [0.717, 1.165) is 31.6 Å². The fourth-order valence-corrected chi connectivity index (χ4v) is 2.88. The van der Waals surface area contributed by atoms with Crippen molar-refractivity contribution in [1.29, 1.82) is 0 Å². The van der Waals surface area contributed by atoms with Crippen LogP contribution in [0.25, 0.3) is 0 Å². The van der Waals surface area contributed by atoms with E-state index >= 15 is 0 Å². The van der Waals surface area contributed by atoms with Gasteiger partial charge in [-0.2, -0.15) is 0 Å². The van der Waals surface area contributed by atoms with Gasteiger partial charge in [0.05, 0.1) is 13.2 Å². The molecule has 3 nitrogen and oxygen atoms in total. The summed E-state index contributed by atoms with van der Waals surface area (Å²) in [6, 6.07) is 11.0. The summed E-state index contributed by atoms with van der Waals surface area (Å²) in [6.07, 6.45) is 0. The van der Waals surface area contributed by atoms with Crippen molar-refractivity contribution < 1.29 is 9.47 Å². The second-order valence-electron chi connectivity index (χ2n) is 5.05. The van der Waals surface area contributed by atoms with Gasteiger partial charge in [-0.05, 0) is 12.5 Å². The molecule has 114 valence electrons. The molecule has 0 bridgehead atoms. The highest BCUT2D eigenvalue weighted by Crippen LogP contribution is 2.20. The lowest BCUT2D eigenvalue weighted by atomic mass is 10.00. The minimum atomic E-state index is 0.389. The summed E-state index contributed by atoms with van der Waals surface area (Å²) >= 11 is 3.65. The maximum atomic E-state index is 5.29. The average Bonchev–Trinajstić information content (AvgIpc) is 2.48. The topological polar surface area (TPSA) is 21.7 Å². The van der Waals surface area contributed by atoms with Gasteiger partial charge in [-0.15, -0.1) is 0 Å². The van der Waals surface area contributed by atoms with Crippen LogP contribution in [0.1, 0.15) is 18.4 Å². The molecule has 0 heterocycles. The predicted molar refractivity (Wildman–Crippen MR) is 87.8 cm³/mol. The molecule has 0 N–H and O–H groups in total. The van der Waals surface area contributed by atoms with Crippen molar-refractivity contribution >= 4 is 15.9 Å². The summed E-state index contributed by atoms with van der Waals surface area (Å²) in [5, 5.41) is 0.959. The van der Waals surface area contributed by atoms with Crippen LogP contribution in [-0.4, -0.2) is 56.8 Å². The van der Waals surface area contributed by atoms with E-state index < -0.39 is 0 Å². The summed E-state index contributed by atoms with van der Waals surface area (Å²) in [4.78, 5) is 2.44. The molecule has 0 aliphatic heterocycles. The molecule has 1 rings (SSSR count). The first-order valence-electron chi connectivity index (χ1n) is 7.05. The molecule has 1 aromatic carbocycles. The van der Waals surface area contributed by atoms with Gasteiger partial charge in [0.1, 0.15) is 0 Å². The fourth-order valence-electron chi connectivity index (χ4n) is 2.30. The largest absolute Gasteiger partial charge is 0.383 e. The van der Waals surface area contributed by atoms with E-state index in [1.165, 1.54) is 5.56 Å². The highest BCUT2D eigenvalue weighted by molar-refractivity contribution is 9.09. The van der Waals surface area contributed by atoms with Gasteiger partial charge in [-0.3, -0.25) is 4.90 Å². The molecule has 0 spiro atoms. The van der Waals surface area contributed by atoms with Gasteiger partial charge >= 0.3 is 0 Å². The molecule has 0 radical (unpaired) electrons. The average molecular weight is 344 g/mol. The molecule has 0 aliphatic carbocycles. The quantitative estimate of drug-likeness (QED) is 0.609. The number of alkyl halides is 1. The molecule has 0 aliphatic rings. The molecule has 0 aromatic heterocycles. The van der Waals surface area contributed by atoms with Crippen molar-refractivity contribution in [2.45, 2.75) is 18.9 Å². The Labute approximate surface area is 131 Å². The van der Waals surface area contributed by atoms with Crippen molar-refractivity contribution in [3.8, 4) is 0 Å². The molecule has 1 aromatic rings. The van der Waals surface area contributed by atoms with Gasteiger partial charge in [0, 0.05) is 44.6 Å². The SMILES string of the molecule is COCCN(CC(CBr)c1ccccc1)C(C)COC. The zero-order valence-electron chi connectivity index (χ0n) is 12.7. The monoisotopic (exact) mass is 343 g/mol. The van der Waals surface area contributed by atoms with Crippen LogP contribution in [0.2, 0.25) is 0 Å². The first kappa shape index (κ1) is 17.6. The van der Waals surface area contributed by atoms with Crippen LogP contribution in [0.3, 0.4) is 0 Å². The van der Waals surface area contributed by atoms with Gasteiger partial charge in [-0.25, -0.2) is 0 Å². The van der Waals surface area contributed by atoms with Crippen molar-refractivity contribution in [3.05, 3.63) is 35.9 Å². The Bertz CT molecular complexity index is 348. The molecule has 0 amide bonds. The number of hydrogen-bond acceptors (Lipinski definition) is 3. The third kappa shape index (κ3) is 5.92. The maximum Gasteiger partial charge on any atom is 0.0615 e. The fraction of sp³-hybridized carbons (Fsp3) is 0.625. The van der Waals surface area contributed by atoms with Crippen molar-refractivity contribution in [2.75, 3.05) is 45.9 Å². The van der Waals surface area contributed by atoms with Crippen LogP contribution in [0.5, 0.6) is 0 Å². The predicted octanol–water partition coefficient (Wildman–Crippen LogP) is 3.15. The maximum absolute atomic E-state index is 5.29. The van der Waals surface area contributed by atoms with Gasteiger partial charge < -0.3 is 9.47 Å². The minimum absolute atomic E-state index is 0.389. The molecule has 0 saturated heterocycles. The molecule has 2 unspecified atom stereocenters. The Morgan fingerprint density at radius 1 is 1.15 bits per heavy atom. The van der Waals surface area contributed by atoms with Crippen molar-refractivity contribution in [3.63, 3.8) is 0 Å². The first-order valence-corrected chi connectivity index (χ1v) is 8.17. The van der Waals surface area contributed by atoms with Gasteiger partial charge in [0.15, 0.2) is 0 Å². The summed E-state index contributed by atoms with van der Waals surface area (Å²) in [7, 11) is 3.50. The Kier molecular flexibility index (Phi) is 9.10. The van der Waals surface area contributed by atoms with Crippen LogP contribution in [0.4, 0.5) is 0 Å². The molecule has 0 fully saturated rings. The Morgan fingerprint density at radius 3 is 2.40 bits per heavy atom. The molecule has 0 saturated carbocycles. The number of hydrogen-bond donors (Lipinski definition) is 0. The Balaban J connectivity index is 2.70. The second kappa shape index (κ2) is 10.3. The molecule has 4 heteroatoms. The Morgan fingerprint density at radius 2 is 1.85 bits per heavy atom. The number of rotatable bonds is 10. The lowest BCUT2D eigenvalue weighted by Crippen LogP contribution is -2.41. The van der Waals surface area contributed by atoms with E-state index in [0.29, 0.717) is 12.0 Å². The molecular formula is C16H26BrNO2. The third-order valence-electron chi connectivity index (χ3n) is 3.53. The highest BCUT2D eigenvalue weighted by Gasteiger charge is 2.19. The lowest BCUT2D eigenvalue weighted by molar-refractivity contribution is 0.0724. The smallest absolute Gasteiger partial charge is 0.0615 e. The molecule has 2 atom stereocenters. The standard InChI is InChI=1S/C16H26BrNO2/c1-14(13-20-3)18(9-10-19-2)12-16(11-17)15-7-5-4-6-8-15/h4-8,14,16H,9-13H2,1-3H3. The van der Waals surface area contributed by atoms with Crippen LogP contribution in [-0.2, 0) is 9.47 Å². The Hall–Kier alpha value is -0.420. The minimum Gasteiger partial charge on any atom is -0.383 e. The number of methoxy groups -OCH3 is 2. The van der Waals surface area contributed by atoms with E-state index in [9.17, 15) is 0 Å². The zero-order valence-corrected chi connectivity index (χ0v) is 14.3. The number of benzene rings is 1. The van der Waals surface area contributed by atoms with Gasteiger partial charge in [0.2, 0.25) is 0 Å². The normalized spacial score (nSPS) is 14.4.